The Morgan fingerprint density at radius 3 is 2.43 bits per heavy atom. The zero-order valence-electron chi connectivity index (χ0n) is 16.6. The van der Waals surface area contributed by atoms with E-state index >= 15 is 0 Å². The number of carbonyl (C=O) groups is 3. The fraction of sp³-hybridized carbons (Fsp3) is 0.174. The molecule has 1 amide bonds. The standard InChI is InChI=1S/C23H21NO6/c1-15-7-8-18(23(27)28-2)12-20(15)24-21(25)13-30-22(26)14-29-19-10-9-16-5-3-4-6-17(16)11-19/h3-12H,13-14H2,1-2H3,(H,24,25). The maximum Gasteiger partial charge on any atom is 0.344 e. The Balaban J connectivity index is 1.49. The number of esters is 2. The Morgan fingerprint density at radius 1 is 0.900 bits per heavy atom. The van der Waals surface area contributed by atoms with Gasteiger partial charge >= 0.3 is 11.9 Å². The number of carbonyl (C=O) groups excluding carboxylic acids is 3. The molecule has 3 aromatic rings. The van der Waals surface area contributed by atoms with E-state index in [-0.39, 0.29) is 6.61 Å². The second kappa shape index (κ2) is 9.56. The molecule has 0 aliphatic rings. The van der Waals surface area contributed by atoms with E-state index in [2.05, 4.69) is 10.1 Å². The van der Waals surface area contributed by atoms with Crippen LogP contribution in [0.15, 0.2) is 60.7 Å². The van der Waals surface area contributed by atoms with Gasteiger partial charge in [-0.15, -0.1) is 0 Å². The van der Waals surface area contributed by atoms with Crippen LogP contribution in [0.5, 0.6) is 5.75 Å². The van der Waals surface area contributed by atoms with Gasteiger partial charge in [0, 0.05) is 5.69 Å². The Labute approximate surface area is 173 Å². The molecule has 0 aromatic heterocycles. The first-order chi connectivity index (χ1) is 14.5. The minimum Gasteiger partial charge on any atom is -0.482 e. The zero-order chi connectivity index (χ0) is 21.5. The summed E-state index contributed by atoms with van der Waals surface area (Å²) in [5, 5.41) is 4.67. The molecule has 0 aliphatic carbocycles. The number of benzene rings is 3. The first-order valence-electron chi connectivity index (χ1n) is 9.22. The van der Waals surface area contributed by atoms with Gasteiger partial charge in [-0.1, -0.05) is 36.4 Å². The van der Waals surface area contributed by atoms with E-state index in [9.17, 15) is 14.4 Å². The van der Waals surface area contributed by atoms with Crippen LogP contribution in [0.3, 0.4) is 0 Å². The van der Waals surface area contributed by atoms with Crippen molar-refractivity contribution < 1.29 is 28.6 Å². The molecule has 0 spiro atoms. The number of ether oxygens (including phenoxy) is 3. The third kappa shape index (κ3) is 5.35. The number of fused-ring (bicyclic) bond motifs is 1. The Hall–Kier alpha value is -3.87. The van der Waals surface area contributed by atoms with Gasteiger partial charge in [0.05, 0.1) is 12.7 Å². The minimum atomic E-state index is -0.668. The number of aryl methyl sites for hydroxylation is 1. The summed E-state index contributed by atoms with van der Waals surface area (Å²) in [6.07, 6.45) is 0. The average molecular weight is 407 g/mol. The van der Waals surface area contributed by atoms with E-state index in [1.807, 2.05) is 36.4 Å². The molecule has 0 atom stereocenters. The molecule has 7 nitrogen and oxygen atoms in total. The van der Waals surface area contributed by atoms with Crippen molar-refractivity contribution in [1.82, 2.24) is 0 Å². The van der Waals surface area contributed by atoms with Crippen LogP contribution in [-0.2, 0) is 19.1 Å². The number of amides is 1. The highest BCUT2D eigenvalue weighted by Crippen LogP contribution is 2.20. The van der Waals surface area contributed by atoms with Crippen LogP contribution < -0.4 is 10.1 Å². The number of rotatable bonds is 7. The summed E-state index contributed by atoms with van der Waals surface area (Å²) in [6.45, 7) is 0.990. The highest BCUT2D eigenvalue weighted by molar-refractivity contribution is 5.96. The minimum absolute atomic E-state index is 0.305. The van der Waals surface area contributed by atoms with Crippen LogP contribution in [-0.4, -0.2) is 38.2 Å². The second-order valence-electron chi connectivity index (χ2n) is 6.53. The van der Waals surface area contributed by atoms with Crippen LogP contribution >= 0.6 is 0 Å². The predicted octanol–water partition coefficient (Wildman–Crippen LogP) is 3.50. The topological polar surface area (TPSA) is 90.9 Å². The van der Waals surface area contributed by atoms with E-state index in [1.165, 1.54) is 13.2 Å². The van der Waals surface area contributed by atoms with Crippen LogP contribution in [0.25, 0.3) is 10.8 Å². The molecule has 30 heavy (non-hydrogen) atoms. The molecule has 3 rings (SSSR count). The van der Waals surface area contributed by atoms with Gasteiger partial charge < -0.3 is 19.5 Å². The van der Waals surface area contributed by atoms with Gasteiger partial charge in [0.25, 0.3) is 5.91 Å². The quantitative estimate of drug-likeness (QED) is 0.603. The van der Waals surface area contributed by atoms with Crippen molar-refractivity contribution in [1.29, 1.82) is 0 Å². The Bertz CT molecular complexity index is 1090. The molecule has 3 aromatic carbocycles. The van der Waals surface area contributed by atoms with Crippen LogP contribution in [0, 0.1) is 6.92 Å². The number of hydrogen-bond acceptors (Lipinski definition) is 6. The summed E-state index contributed by atoms with van der Waals surface area (Å²) < 4.78 is 15.1. The summed E-state index contributed by atoms with van der Waals surface area (Å²) >= 11 is 0. The SMILES string of the molecule is COC(=O)c1ccc(C)c(NC(=O)COC(=O)COc2ccc3ccccc3c2)c1. The molecular weight excluding hydrogens is 386 g/mol. The second-order valence-corrected chi connectivity index (χ2v) is 6.53. The van der Waals surface area contributed by atoms with E-state index < -0.39 is 24.5 Å². The highest BCUT2D eigenvalue weighted by Gasteiger charge is 2.12. The molecule has 0 heterocycles. The van der Waals surface area contributed by atoms with Gasteiger partial charge in [0.15, 0.2) is 13.2 Å². The lowest BCUT2D eigenvalue weighted by atomic mass is 10.1. The van der Waals surface area contributed by atoms with Crippen molar-refractivity contribution in [2.24, 2.45) is 0 Å². The molecule has 0 unspecified atom stereocenters. The molecular formula is C23H21NO6. The maximum atomic E-state index is 12.1. The first-order valence-corrected chi connectivity index (χ1v) is 9.22. The third-order valence-corrected chi connectivity index (χ3v) is 4.37. The molecule has 1 N–H and O–H groups in total. The molecule has 0 aliphatic heterocycles. The molecule has 7 heteroatoms. The van der Waals surface area contributed by atoms with Gasteiger partial charge in [-0.3, -0.25) is 4.79 Å². The smallest absolute Gasteiger partial charge is 0.344 e. The maximum absolute atomic E-state index is 12.1. The zero-order valence-corrected chi connectivity index (χ0v) is 16.6. The fourth-order valence-electron chi connectivity index (χ4n) is 2.77. The summed E-state index contributed by atoms with van der Waals surface area (Å²) in [5.74, 6) is -1.18. The lowest BCUT2D eigenvalue weighted by molar-refractivity contribution is -0.149. The third-order valence-electron chi connectivity index (χ3n) is 4.37. The van der Waals surface area contributed by atoms with Crippen molar-refractivity contribution in [3.63, 3.8) is 0 Å². The van der Waals surface area contributed by atoms with Crippen LogP contribution in [0.2, 0.25) is 0 Å². The molecule has 0 saturated heterocycles. The van der Waals surface area contributed by atoms with E-state index in [0.29, 0.717) is 17.0 Å². The van der Waals surface area contributed by atoms with E-state index in [1.54, 1.807) is 25.1 Å². The molecule has 154 valence electrons. The number of methoxy groups -OCH3 is 1. The van der Waals surface area contributed by atoms with Crippen molar-refractivity contribution in [2.45, 2.75) is 6.92 Å². The fourth-order valence-corrected chi connectivity index (χ4v) is 2.77. The summed E-state index contributed by atoms with van der Waals surface area (Å²) in [7, 11) is 1.28. The monoisotopic (exact) mass is 407 g/mol. The number of hydrogen-bond donors (Lipinski definition) is 1. The molecule has 0 radical (unpaired) electrons. The summed E-state index contributed by atoms with van der Waals surface area (Å²) in [4.78, 5) is 35.6. The largest absolute Gasteiger partial charge is 0.482 e. The van der Waals surface area contributed by atoms with E-state index in [0.717, 1.165) is 16.3 Å². The van der Waals surface area contributed by atoms with Gasteiger partial charge in [-0.05, 0) is 47.5 Å². The predicted molar refractivity (Wildman–Crippen MR) is 112 cm³/mol. The normalized spacial score (nSPS) is 10.3. The Kier molecular flexibility index (Phi) is 6.64. The van der Waals surface area contributed by atoms with Crippen molar-refractivity contribution >= 4 is 34.3 Å². The van der Waals surface area contributed by atoms with Crippen molar-refractivity contribution in [3.8, 4) is 5.75 Å². The molecule has 0 bridgehead atoms. The summed E-state index contributed by atoms with van der Waals surface area (Å²) in [6, 6.07) is 18.1. The van der Waals surface area contributed by atoms with Gasteiger partial charge in [-0.2, -0.15) is 0 Å². The van der Waals surface area contributed by atoms with Crippen LogP contribution in [0.1, 0.15) is 15.9 Å². The lowest BCUT2D eigenvalue weighted by Gasteiger charge is -2.11. The average Bonchev–Trinajstić information content (AvgIpc) is 2.77. The van der Waals surface area contributed by atoms with Gasteiger partial charge in [0.2, 0.25) is 0 Å². The van der Waals surface area contributed by atoms with Crippen molar-refractivity contribution in [2.75, 3.05) is 25.6 Å². The lowest BCUT2D eigenvalue weighted by Crippen LogP contribution is -2.24. The highest BCUT2D eigenvalue weighted by atomic mass is 16.6. The Morgan fingerprint density at radius 2 is 1.67 bits per heavy atom. The van der Waals surface area contributed by atoms with Gasteiger partial charge in [0.1, 0.15) is 5.75 Å². The first kappa shape index (κ1) is 20.9. The molecule has 0 fully saturated rings. The number of nitrogens with one attached hydrogen (secondary N) is 1. The summed E-state index contributed by atoms with van der Waals surface area (Å²) in [5.41, 5.74) is 1.49. The number of anilines is 1. The van der Waals surface area contributed by atoms with Gasteiger partial charge in [-0.25, -0.2) is 9.59 Å². The molecule has 0 saturated carbocycles. The van der Waals surface area contributed by atoms with E-state index in [4.69, 9.17) is 9.47 Å². The van der Waals surface area contributed by atoms with Crippen LogP contribution in [0.4, 0.5) is 5.69 Å². The van der Waals surface area contributed by atoms with Crippen molar-refractivity contribution in [3.05, 3.63) is 71.8 Å².